The van der Waals surface area contributed by atoms with Gasteiger partial charge in [-0.2, -0.15) is 0 Å². The van der Waals surface area contributed by atoms with Gasteiger partial charge in [-0.05, 0) is 12.3 Å². The van der Waals surface area contributed by atoms with E-state index in [9.17, 15) is 4.79 Å². The minimum absolute atomic E-state index is 0.0536. The van der Waals surface area contributed by atoms with Crippen LogP contribution in [0, 0.1) is 5.92 Å². The number of ether oxygens (including phenoxy) is 1. The molecule has 17 heavy (non-hydrogen) atoms. The lowest BCUT2D eigenvalue weighted by Gasteiger charge is -2.20. The Morgan fingerprint density at radius 2 is 2.29 bits per heavy atom. The largest absolute Gasteiger partial charge is 0.496 e. The summed E-state index contributed by atoms with van der Waals surface area (Å²) in [6.07, 6.45) is 0.785. The molecule has 0 radical (unpaired) electrons. The number of hydrogen-bond acceptors (Lipinski definition) is 3. The molecule has 1 heterocycles. The Morgan fingerprint density at radius 3 is 2.76 bits per heavy atom. The predicted octanol–water partition coefficient (Wildman–Crippen LogP) is 3.14. The average molecular weight is 276 g/mol. The van der Waals surface area contributed by atoms with Crippen LogP contribution in [0.1, 0.15) is 29.9 Å². The standard InChI is InChI=1S/C12H18ClNO2S/c1-8(2)10(4-5-13)14-12(15)11-6-9(16-3)7-17-11/h6-8,10H,4-5H2,1-3H3,(H,14,15). The second-order valence-corrected chi connectivity index (χ2v) is 5.44. The number of carbonyl (C=O) groups excluding carboxylic acids is 1. The Bertz CT molecular complexity index is 365. The lowest BCUT2D eigenvalue weighted by molar-refractivity contribution is 0.0929. The Hall–Kier alpha value is -0.740. The van der Waals surface area contributed by atoms with Gasteiger partial charge in [0.05, 0.1) is 12.0 Å². The molecule has 0 fully saturated rings. The summed E-state index contributed by atoms with van der Waals surface area (Å²) in [5.41, 5.74) is 0. The molecule has 1 rings (SSSR count). The van der Waals surface area contributed by atoms with E-state index in [1.165, 1.54) is 11.3 Å². The molecule has 0 spiro atoms. The molecule has 1 aromatic heterocycles. The fourth-order valence-corrected chi connectivity index (χ4v) is 2.47. The summed E-state index contributed by atoms with van der Waals surface area (Å²) < 4.78 is 5.05. The van der Waals surface area contributed by atoms with Crippen molar-refractivity contribution in [3.63, 3.8) is 0 Å². The van der Waals surface area contributed by atoms with Gasteiger partial charge in [0.2, 0.25) is 0 Å². The van der Waals surface area contributed by atoms with Crippen LogP contribution >= 0.6 is 22.9 Å². The van der Waals surface area contributed by atoms with Crippen LogP contribution in [0.2, 0.25) is 0 Å². The molecule has 3 nitrogen and oxygen atoms in total. The first-order chi connectivity index (χ1) is 8.08. The third kappa shape index (κ3) is 4.21. The van der Waals surface area contributed by atoms with Crippen LogP contribution in [0.25, 0.3) is 0 Å². The lowest BCUT2D eigenvalue weighted by atomic mass is 10.0. The number of methoxy groups -OCH3 is 1. The summed E-state index contributed by atoms with van der Waals surface area (Å²) in [6.45, 7) is 4.15. The molecule has 0 aliphatic heterocycles. The molecule has 0 aliphatic carbocycles. The molecule has 0 saturated carbocycles. The van der Waals surface area contributed by atoms with E-state index in [0.717, 1.165) is 12.2 Å². The topological polar surface area (TPSA) is 38.3 Å². The van der Waals surface area contributed by atoms with Crippen LogP contribution in [-0.4, -0.2) is 24.9 Å². The van der Waals surface area contributed by atoms with Crippen LogP contribution in [0.5, 0.6) is 5.75 Å². The van der Waals surface area contributed by atoms with Crippen molar-refractivity contribution in [2.75, 3.05) is 13.0 Å². The van der Waals surface area contributed by atoms with E-state index in [4.69, 9.17) is 16.3 Å². The van der Waals surface area contributed by atoms with Gasteiger partial charge in [-0.1, -0.05) is 13.8 Å². The molecular formula is C12H18ClNO2S. The number of hydrogen-bond donors (Lipinski definition) is 1. The third-order valence-electron chi connectivity index (χ3n) is 2.58. The van der Waals surface area contributed by atoms with Crippen molar-refractivity contribution in [3.05, 3.63) is 16.3 Å². The maximum absolute atomic E-state index is 12.0. The highest BCUT2D eigenvalue weighted by atomic mass is 35.5. The van der Waals surface area contributed by atoms with Gasteiger partial charge in [-0.25, -0.2) is 0 Å². The first-order valence-electron chi connectivity index (χ1n) is 5.57. The van der Waals surface area contributed by atoms with Gasteiger partial charge in [-0.15, -0.1) is 22.9 Å². The Balaban J connectivity index is 2.63. The highest BCUT2D eigenvalue weighted by molar-refractivity contribution is 7.12. The van der Waals surface area contributed by atoms with Crippen LogP contribution in [-0.2, 0) is 0 Å². The maximum Gasteiger partial charge on any atom is 0.261 e. The van der Waals surface area contributed by atoms with Crippen LogP contribution < -0.4 is 10.1 Å². The highest BCUT2D eigenvalue weighted by Gasteiger charge is 2.17. The Morgan fingerprint density at radius 1 is 1.59 bits per heavy atom. The Labute approximate surface area is 111 Å². The monoisotopic (exact) mass is 275 g/mol. The van der Waals surface area contributed by atoms with Gasteiger partial charge in [0.1, 0.15) is 5.75 Å². The molecule has 1 atom stereocenters. The zero-order valence-corrected chi connectivity index (χ0v) is 11.9. The van der Waals surface area contributed by atoms with Crippen molar-refractivity contribution in [2.45, 2.75) is 26.3 Å². The second kappa shape index (κ2) is 6.87. The van der Waals surface area contributed by atoms with E-state index in [1.807, 2.05) is 5.38 Å². The van der Waals surface area contributed by atoms with Crippen molar-refractivity contribution in [1.82, 2.24) is 5.32 Å². The summed E-state index contributed by atoms with van der Waals surface area (Å²) in [6, 6.07) is 1.87. The van der Waals surface area contributed by atoms with E-state index in [0.29, 0.717) is 16.7 Å². The van der Waals surface area contributed by atoms with Gasteiger partial charge in [0, 0.05) is 23.4 Å². The smallest absolute Gasteiger partial charge is 0.261 e. The zero-order chi connectivity index (χ0) is 12.8. The lowest BCUT2D eigenvalue weighted by Crippen LogP contribution is -2.38. The molecule has 0 bridgehead atoms. The molecule has 0 saturated heterocycles. The normalized spacial score (nSPS) is 12.5. The number of nitrogens with one attached hydrogen (secondary N) is 1. The molecule has 1 unspecified atom stereocenters. The maximum atomic E-state index is 12.0. The summed E-state index contributed by atoms with van der Waals surface area (Å²) in [7, 11) is 1.59. The first-order valence-corrected chi connectivity index (χ1v) is 6.99. The van der Waals surface area contributed by atoms with Crippen LogP contribution in [0.15, 0.2) is 11.4 Å². The van der Waals surface area contributed by atoms with Crippen molar-refractivity contribution in [3.8, 4) is 5.75 Å². The molecule has 1 N–H and O–H groups in total. The summed E-state index contributed by atoms with van der Waals surface area (Å²) in [5, 5.41) is 4.82. The van der Waals surface area contributed by atoms with E-state index in [2.05, 4.69) is 19.2 Å². The SMILES string of the molecule is COc1csc(C(=O)NC(CCCl)C(C)C)c1. The molecule has 5 heteroatoms. The Kier molecular flexibility index (Phi) is 5.78. The zero-order valence-electron chi connectivity index (χ0n) is 10.3. The summed E-state index contributed by atoms with van der Waals surface area (Å²) >= 11 is 7.11. The molecule has 0 aromatic carbocycles. The van der Waals surface area contributed by atoms with E-state index >= 15 is 0 Å². The fourth-order valence-electron chi connectivity index (χ4n) is 1.47. The molecule has 1 amide bonds. The number of thiophene rings is 1. The second-order valence-electron chi connectivity index (χ2n) is 4.15. The number of alkyl halides is 1. The van der Waals surface area contributed by atoms with E-state index < -0.39 is 0 Å². The van der Waals surface area contributed by atoms with Gasteiger partial charge in [0.15, 0.2) is 0 Å². The molecule has 96 valence electrons. The van der Waals surface area contributed by atoms with Gasteiger partial charge in [-0.3, -0.25) is 4.79 Å². The van der Waals surface area contributed by atoms with Crippen LogP contribution in [0.4, 0.5) is 0 Å². The quantitative estimate of drug-likeness (QED) is 0.810. The highest BCUT2D eigenvalue weighted by Crippen LogP contribution is 2.21. The average Bonchev–Trinajstić information content (AvgIpc) is 2.76. The minimum atomic E-state index is -0.0536. The van der Waals surface area contributed by atoms with Gasteiger partial charge in [0.25, 0.3) is 5.91 Å². The fraction of sp³-hybridized carbons (Fsp3) is 0.583. The van der Waals surface area contributed by atoms with Crippen molar-refractivity contribution in [1.29, 1.82) is 0 Å². The number of amides is 1. The summed E-state index contributed by atoms with van der Waals surface area (Å²) in [5.74, 6) is 1.59. The number of carbonyl (C=O) groups is 1. The van der Waals surface area contributed by atoms with E-state index in [1.54, 1.807) is 13.2 Å². The first kappa shape index (κ1) is 14.3. The van der Waals surface area contributed by atoms with Crippen molar-refractivity contribution < 1.29 is 9.53 Å². The molecule has 0 aliphatic rings. The van der Waals surface area contributed by atoms with Gasteiger partial charge < -0.3 is 10.1 Å². The van der Waals surface area contributed by atoms with Crippen LogP contribution in [0.3, 0.4) is 0 Å². The number of halogens is 1. The van der Waals surface area contributed by atoms with Gasteiger partial charge >= 0.3 is 0 Å². The molecular weight excluding hydrogens is 258 g/mol. The summed E-state index contributed by atoms with van der Waals surface area (Å²) in [4.78, 5) is 12.6. The van der Waals surface area contributed by atoms with Crippen molar-refractivity contribution in [2.24, 2.45) is 5.92 Å². The third-order valence-corrected chi connectivity index (χ3v) is 3.70. The van der Waals surface area contributed by atoms with Crippen molar-refractivity contribution >= 4 is 28.8 Å². The molecule has 1 aromatic rings. The van der Waals surface area contributed by atoms with E-state index in [-0.39, 0.29) is 11.9 Å². The minimum Gasteiger partial charge on any atom is -0.496 e. The predicted molar refractivity (Wildman–Crippen MR) is 72.3 cm³/mol. The number of rotatable bonds is 6.